The van der Waals surface area contributed by atoms with Gasteiger partial charge in [-0.25, -0.2) is 9.37 Å². The molecule has 0 spiro atoms. The highest BCUT2D eigenvalue weighted by Gasteiger charge is 2.26. The molecule has 1 aromatic carbocycles. The average molecular weight is 474 g/mol. The first-order valence-electron chi connectivity index (χ1n) is 8.83. The summed E-state index contributed by atoms with van der Waals surface area (Å²) in [5.74, 6) is 0.186. The lowest BCUT2D eigenvalue weighted by atomic mass is 9.84. The van der Waals surface area contributed by atoms with E-state index in [0.29, 0.717) is 5.52 Å². The second kappa shape index (κ2) is 7.99. The van der Waals surface area contributed by atoms with Crippen molar-refractivity contribution in [2.24, 2.45) is 5.92 Å². The van der Waals surface area contributed by atoms with E-state index in [1.165, 1.54) is 18.2 Å². The van der Waals surface area contributed by atoms with E-state index in [2.05, 4.69) is 39.7 Å². The minimum absolute atomic E-state index is 0.0778. The van der Waals surface area contributed by atoms with Crippen molar-refractivity contribution in [3.05, 3.63) is 29.6 Å². The quantitative estimate of drug-likeness (QED) is 0.230. The number of nitrogens with two attached hydrogens (primary N) is 1. The van der Waals surface area contributed by atoms with Gasteiger partial charge in [-0.15, -0.1) is 0 Å². The number of furan rings is 1. The van der Waals surface area contributed by atoms with Crippen LogP contribution in [0.3, 0.4) is 0 Å². The summed E-state index contributed by atoms with van der Waals surface area (Å²) in [6, 6.07) is 4.05. The summed E-state index contributed by atoms with van der Waals surface area (Å²) in [7, 11) is -4.52. The first-order valence-corrected chi connectivity index (χ1v) is 11.6. The molecule has 0 bridgehead atoms. The predicted octanol–water partition coefficient (Wildman–Crippen LogP) is 4.26. The van der Waals surface area contributed by atoms with Crippen molar-refractivity contribution in [1.29, 1.82) is 0 Å². The lowest BCUT2D eigenvalue weighted by molar-refractivity contribution is 0.377. The first-order chi connectivity index (χ1) is 13.1. The zero-order valence-electron chi connectivity index (χ0n) is 15.4. The molecule has 2 aromatic heterocycles. The number of H-pyrrole nitrogens is 1. The maximum Gasteiger partial charge on any atom is 0.391 e. The van der Waals surface area contributed by atoms with E-state index in [1.807, 2.05) is 0 Å². The number of anilines is 1. The zero-order valence-corrected chi connectivity index (χ0v) is 17.9. The van der Waals surface area contributed by atoms with E-state index in [-0.39, 0.29) is 34.6 Å². The number of fused-ring (bicyclic) bond motifs is 1. The maximum atomic E-state index is 14.5. The molecule has 2 heterocycles. The maximum absolute atomic E-state index is 14.5. The molecule has 0 amide bonds. The van der Waals surface area contributed by atoms with Crippen molar-refractivity contribution in [3.8, 4) is 11.6 Å². The van der Waals surface area contributed by atoms with Crippen LogP contribution in [0.1, 0.15) is 38.2 Å². The zero-order chi connectivity index (χ0) is 20.6. The third-order valence-corrected chi connectivity index (χ3v) is 6.13. The number of halogens is 2. The molecule has 7 nitrogen and oxygen atoms in total. The number of hydrogen-bond donors (Lipinski definition) is 4. The first kappa shape index (κ1) is 21.0. The highest BCUT2D eigenvalue weighted by molar-refractivity contribution is 9.09. The van der Waals surface area contributed by atoms with Crippen molar-refractivity contribution in [1.82, 2.24) is 9.97 Å². The molecular formula is C18H22BrFN3O4P. The van der Waals surface area contributed by atoms with E-state index >= 15 is 0 Å². The molecular weight excluding hydrogens is 452 g/mol. The van der Waals surface area contributed by atoms with Crippen LogP contribution in [0.15, 0.2) is 22.6 Å². The number of rotatable bonds is 7. The normalized spacial score (nSPS) is 13.5. The summed E-state index contributed by atoms with van der Waals surface area (Å²) in [6.45, 7) is 4.16. The molecule has 3 aromatic rings. The van der Waals surface area contributed by atoms with Crippen LogP contribution in [0, 0.1) is 11.7 Å². The third kappa shape index (κ3) is 4.03. The van der Waals surface area contributed by atoms with Crippen molar-refractivity contribution < 1.29 is 23.2 Å². The lowest BCUT2D eigenvalue weighted by Crippen LogP contribution is -2.09. The molecule has 28 heavy (non-hydrogen) atoms. The Balaban J connectivity index is 2.15. The van der Waals surface area contributed by atoms with Crippen LogP contribution in [0.2, 0.25) is 0 Å². The van der Waals surface area contributed by atoms with Gasteiger partial charge >= 0.3 is 7.60 Å². The van der Waals surface area contributed by atoms with Gasteiger partial charge in [-0.3, -0.25) is 4.57 Å². The van der Waals surface area contributed by atoms with Gasteiger partial charge in [0, 0.05) is 5.33 Å². The number of aromatic amines is 1. The molecule has 10 heteroatoms. The Morgan fingerprint density at radius 2 is 2.11 bits per heavy atom. The molecule has 0 fully saturated rings. The van der Waals surface area contributed by atoms with Crippen molar-refractivity contribution in [3.63, 3.8) is 0 Å². The number of alkyl halides is 1. The minimum Gasteiger partial charge on any atom is -0.445 e. The van der Waals surface area contributed by atoms with Gasteiger partial charge in [0.2, 0.25) is 5.50 Å². The highest BCUT2D eigenvalue weighted by atomic mass is 79.9. The van der Waals surface area contributed by atoms with Crippen LogP contribution in [0.4, 0.5) is 10.1 Å². The van der Waals surface area contributed by atoms with Gasteiger partial charge in [0.25, 0.3) is 0 Å². The standard InChI is InChI=1S/C18H22BrFN3O4P/c1-9(2)10(4-3-7-19)11-8-12(20)15(21)17-16(11)22-18(23-17)13-5-6-14(27-13)28(24,25)26/h5-6,8-10H,3-4,7,21H2,1-2H3,(H,22,23)(H2,24,25,26). The van der Waals surface area contributed by atoms with Gasteiger partial charge in [-0.05, 0) is 48.4 Å². The number of nitrogens with zero attached hydrogens (tertiary/aromatic N) is 1. The molecule has 3 rings (SSSR count). The number of benzene rings is 1. The predicted molar refractivity (Wildman–Crippen MR) is 110 cm³/mol. The molecule has 5 N–H and O–H groups in total. The monoisotopic (exact) mass is 473 g/mol. The van der Waals surface area contributed by atoms with E-state index in [4.69, 9.17) is 10.2 Å². The third-order valence-electron chi connectivity index (χ3n) is 4.75. The molecule has 1 atom stereocenters. The summed E-state index contributed by atoms with van der Waals surface area (Å²) in [4.78, 5) is 25.9. The topological polar surface area (TPSA) is 125 Å². The fraction of sp³-hybridized carbons (Fsp3) is 0.389. The SMILES string of the molecule is CC(C)C(CCCBr)c1cc(F)c(N)c2nc(-c3ccc(P(=O)(O)O)o3)[nH]c12. The van der Waals surface area contributed by atoms with Crippen LogP contribution in [-0.4, -0.2) is 25.1 Å². The summed E-state index contributed by atoms with van der Waals surface area (Å²) in [6.07, 6.45) is 1.79. The smallest absolute Gasteiger partial charge is 0.391 e. The Morgan fingerprint density at radius 3 is 2.68 bits per heavy atom. The van der Waals surface area contributed by atoms with E-state index in [9.17, 15) is 18.7 Å². The number of aromatic nitrogens is 2. The Kier molecular flexibility index (Phi) is 6.00. The fourth-order valence-corrected chi connectivity index (χ4v) is 4.15. The molecule has 0 aliphatic heterocycles. The highest BCUT2D eigenvalue weighted by Crippen LogP contribution is 2.39. The number of nitrogen functional groups attached to an aromatic ring is 1. The second-order valence-corrected chi connectivity index (χ2v) is 9.36. The molecule has 0 aliphatic rings. The van der Waals surface area contributed by atoms with Crippen molar-refractivity contribution in [2.75, 3.05) is 11.1 Å². The Bertz CT molecular complexity index is 1040. The summed E-state index contributed by atoms with van der Waals surface area (Å²) < 4.78 is 31.1. The summed E-state index contributed by atoms with van der Waals surface area (Å²) >= 11 is 3.44. The Morgan fingerprint density at radius 1 is 1.39 bits per heavy atom. The summed E-state index contributed by atoms with van der Waals surface area (Å²) in [5, 5.41) is 0.850. The molecule has 152 valence electrons. The van der Waals surface area contributed by atoms with E-state index in [1.54, 1.807) is 0 Å². The molecule has 0 saturated heterocycles. The second-order valence-electron chi connectivity index (χ2n) is 7.03. The van der Waals surface area contributed by atoms with Gasteiger partial charge < -0.3 is 24.9 Å². The van der Waals surface area contributed by atoms with Gasteiger partial charge in [-0.2, -0.15) is 0 Å². The van der Waals surface area contributed by atoms with Crippen LogP contribution < -0.4 is 11.2 Å². The van der Waals surface area contributed by atoms with Crippen molar-refractivity contribution in [2.45, 2.75) is 32.6 Å². The van der Waals surface area contributed by atoms with Gasteiger partial charge in [-0.1, -0.05) is 29.8 Å². The molecule has 0 saturated carbocycles. The average Bonchev–Trinajstić information content (AvgIpc) is 3.25. The van der Waals surface area contributed by atoms with Crippen LogP contribution in [-0.2, 0) is 4.57 Å². The number of nitrogens with one attached hydrogen (secondary N) is 1. The fourth-order valence-electron chi connectivity index (χ4n) is 3.34. The van der Waals surface area contributed by atoms with Gasteiger partial charge in [0.1, 0.15) is 11.3 Å². The van der Waals surface area contributed by atoms with Crippen LogP contribution in [0.5, 0.6) is 0 Å². The van der Waals surface area contributed by atoms with Gasteiger partial charge in [0.15, 0.2) is 11.6 Å². The van der Waals surface area contributed by atoms with Gasteiger partial charge in [0.05, 0.1) is 11.2 Å². The van der Waals surface area contributed by atoms with Crippen molar-refractivity contribution >= 4 is 45.7 Å². The lowest BCUT2D eigenvalue weighted by Gasteiger charge is -2.22. The Labute approximate surface area is 169 Å². The number of imidazole rings is 1. The van der Waals surface area contributed by atoms with E-state index in [0.717, 1.165) is 23.7 Å². The summed E-state index contributed by atoms with van der Waals surface area (Å²) in [5.41, 5.74) is 7.04. The molecule has 0 aliphatic carbocycles. The van der Waals surface area contributed by atoms with Crippen LogP contribution >= 0.6 is 23.5 Å². The Hall–Kier alpha value is -1.67. The van der Waals surface area contributed by atoms with E-state index < -0.39 is 18.9 Å². The minimum atomic E-state index is -4.52. The largest absolute Gasteiger partial charge is 0.445 e. The number of hydrogen-bond acceptors (Lipinski definition) is 4. The molecule has 0 radical (unpaired) electrons. The van der Waals surface area contributed by atoms with Crippen LogP contribution in [0.25, 0.3) is 22.6 Å². The molecule has 1 unspecified atom stereocenters.